The topological polar surface area (TPSA) is 95.9 Å². The van der Waals surface area contributed by atoms with Crippen LogP contribution < -0.4 is 11.2 Å². The molecule has 4 rings (SSSR count). The molecule has 0 unspecified atom stereocenters. The molecule has 22 heavy (non-hydrogen) atoms. The number of aromatic amines is 2. The Morgan fingerprint density at radius 2 is 2.27 bits per heavy atom. The SMILES string of the molecule is O=c1[nH]cc(-c2cc([C@H]3C[C@@H]3CF)c3nccn3n2)c(=O)[nH]1. The Hall–Kier alpha value is -2.77. The van der Waals surface area contributed by atoms with E-state index in [-0.39, 0.29) is 24.1 Å². The highest BCUT2D eigenvalue weighted by atomic mass is 19.1. The summed E-state index contributed by atoms with van der Waals surface area (Å²) in [5, 5.41) is 4.34. The highest BCUT2D eigenvalue weighted by Gasteiger charge is 2.40. The van der Waals surface area contributed by atoms with Crippen molar-refractivity contribution in [2.24, 2.45) is 5.92 Å². The van der Waals surface area contributed by atoms with E-state index in [1.54, 1.807) is 23.0 Å². The molecule has 8 heteroatoms. The van der Waals surface area contributed by atoms with Crippen LogP contribution in [0.4, 0.5) is 4.39 Å². The van der Waals surface area contributed by atoms with Crippen LogP contribution in [-0.2, 0) is 0 Å². The van der Waals surface area contributed by atoms with Crippen molar-refractivity contribution in [1.29, 1.82) is 0 Å². The van der Waals surface area contributed by atoms with Crippen LogP contribution in [0.3, 0.4) is 0 Å². The van der Waals surface area contributed by atoms with Gasteiger partial charge >= 0.3 is 5.69 Å². The summed E-state index contributed by atoms with van der Waals surface area (Å²) < 4.78 is 14.4. The Morgan fingerprint density at radius 3 is 3.00 bits per heavy atom. The lowest BCUT2D eigenvalue weighted by atomic mass is 10.1. The molecule has 0 aliphatic heterocycles. The van der Waals surface area contributed by atoms with Gasteiger partial charge in [0.05, 0.1) is 17.9 Å². The molecule has 0 spiro atoms. The van der Waals surface area contributed by atoms with Crippen molar-refractivity contribution in [2.75, 3.05) is 6.67 Å². The summed E-state index contributed by atoms with van der Waals surface area (Å²) in [7, 11) is 0. The molecule has 1 fully saturated rings. The summed E-state index contributed by atoms with van der Waals surface area (Å²) >= 11 is 0. The van der Waals surface area contributed by atoms with Gasteiger partial charge in [0.2, 0.25) is 0 Å². The number of nitrogens with one attached hydrogen (secondary N) is 2. The van der Waals surface area contributed by atoms with Crippen molar-refractivity contribution in [3.63, 3.8) is 0 Å². The van der Waals surface area contributed by atoms with Gasteiger partial charge in [-0.2, -0.15) is 5.10 Å². The molecule has 0 amide bonds. The van der Waals surface area contributed by atoms with Crippen molar-refractivity contribution in [2.45, 2.75) is 12.3 Å². The number of aromatic nitrogens is 5. The van der Waals surface area contributed by atoms with E-state index in [1.165, 1.54) is 6.20 Å². The maximum Gasteiger partial charge on any atom is 0.325 e. The predicted molar refractivity (Wildman–Crippen MR) is 76.5 cm³/mol. The molecular formula is C14H12FN5O2. The zero-order chi connectivity index (χ0) is 15.3. The summed E-state index contributed by atoms with van der Waals surface area (Å²) in [6.45, 7) is -0.367. The van der Waals surface area contributed by atoms with E-state index in [2.05, 4.69) is 20.1 Å². The fourth-order valence-electron chi connectivity index (χ4n) is 2.74. The second-order valence-corrected chi connectivity index (χ2v) is 5.42. The van der Waals surface area contributed by atoms with Crippen molar-refractivity contribution in [3.05, 3.63) is 51.1 Å². The minimum atomic E-state index is -0.572. The molecule has 7 nitrogen and oxygen atoms in total. The molecule has 1 aliphatic rings. The van der Waals surface area contributed by atoms with Crippen LogP contribution in [0.25, 0.3) is 16.9 Å². The Kier molecular flexibility index (Phi) is 2.72. The normalized spacial score (nSPS) is 20.4. The van der Waals surface area contributed by atoms with E-state index in [4.69, 9.17) is 0 Å². The van der Waals surface area contributed by atoms with Crippen LogP contribution in [0.1, 0.15) is 17.9 Å². The molecule has 0 aromatic carbocycles. The van der Waals surface area contributed by atoms with Crippen LogP contribution in [0, 0.1) is 5.92 Å². The summed E-state index contributed by atoms with van der Waals surface area (Å²) in [5.74, 6) is 0.100. The third-order valence-electron chi connectivity index (χ3n) is 4.00. The number of nitrogens with zero attached hydrogens (tertiary/aromatic N) is 3. The predicted octanol–water partition coefficient (Wildman–Crippen LogP) is 0.846. The number of imidazole rings is 1. The molecule has 1 aliphatic carbocycles. The molecule has 3 aromatic heterocycles. The third kappa shape index (κ3) is 1.95. The van der Waals surface area contributed by atoms with Crippen molar-refractivity contribution < 1.29 is 4.39 Å². The van der Waals surface area contributed by atoms with Crippen LogP contribution in [0.15, 0.2) is 34.2 Å². The van der Waals surface area contributed by atoms with E-state index >= 15 is 0 Å². The Bertz CT molecular complexity index is 973. The van der Waals surface area contributed by atoms with Crippen molar-refractivity contribution in [3.8, 4) is 11.3 Å². The molecule has 2 N–H and O–H groups in total. The average Bonchev–Trinajstić information content (AvgIpc) is 3.14. The first-order chi connectivity index (χ1) is 10.7. The molecular weight excluding hydrogens is 289 g/mol. The number of hydrogen-bond acceptors (Lipinski definition) is 4. The molecule has 112 valence electrons. The van der Waals surface area contributed by atoms with Gasteiger partial charge in [-0.3, -0.25) is 14.2 Å². The molecule has 2 atom stereocenters. The van der Waals surface area contributed by atoms with Crippen LogP contribution in [-0.4, -0.2) is 31.2 Å². The highest BCUT2D eigenvalue weighted by Crippen LogP contribution is 2.49. The van der Waals surface area contributed by atoms with Crippen molar-refractivity contribution >= 4 is 5.65 Å². The molecule has 0 radical (unpaired) electrons. The monoisotopic (exact) mass is 301 g/mol. The number of alkyl halides is 1. The van der Waals surface area contributed by atoms with Gasteiger partial charge in [0.15, 0.2) is 5.65 Å². The van der Waals surface area contributed by atoms with Gasteiger partial charge in [0.1, 0.15) is 0 Å². The number of hydrogen-bond donors (Lipinski definition) is 2. The molecule has 1 saturated carbocycles. The van der Waals surface area contributed by atoms with Gasteiger partial charge in [-0.05, 0) is 24.3 Å². The standard InChI is InChI=1S/C14H12FN5O2/c15-5-7-3-8(7)9-4-11(19-20-2-1-16-12(9)20)10-6-17-14(22)18-13(10)21/h1-2,4,6-8H,3,5H2,(H2,17,18,21,22)/t7-,8+/m1/s1. The summed E-state index contributed by atoms with van der Waals surface area (Å²) in [5.41, 5.74) is 1.14. The number of H-pyrrole nitrogens is 2. The average molecular weight is 301 g/mol. The first-order valence-electron chi connectivity index (χ1n) is 6.90. The van der Waals surface area contributed by atoms with Gasteiger partial charge in [-0.25, -0.2) is 14.3 Å². The summed E-state index contributed by atoms with van der Waals surface area (Å²) in [6, 6.07) is 1.76. The van der Waals surface area contributed by atoms with Crippen LogP contribution in [0.2, 0.25) is 0 Å². The lowest BCUT2D eigenvalue weighted by molar-refractivity contribution is 0.452. The maximum atomic E-state index is 12.8. The Labute approximate surface area is 122 Å². The van der Waals surface area contributed by atoms with Gasteiger partial charge in [-0.1, -0.05) is 0 Å². The third-order valence-corrected chi connectivity index (χ3v) is 4.00. The van der Waals surface area contributed by atoms with E-state index < -0.39 is 11.2 Å². The van der Waals surface area contributed by atoms with E-state index in [0.29, 0.717) is 11.3 Å². The van der Waals surface area contributed by atoms with E-state index in [9.17, 15) is 14.0 Å². The Balaban J connectivity index is 1.92. The minimum Gasteiger partial charge on any atom is -0.313 e. The number of fused-ring (bicyclic) bond motifs is 1. The van der Waals surface area contributed by atoms with Crippen molar-refractivity contribution in [1.82, 2.24) is 24.6 Å². The fourth-order valence-corrected chi connectivity index (χ4v) is 2.74. The molecule has 3 aromatic rings. The quantitative estimate of drug-likeness (QED) is 0.749. The number of halogens is 1. The zero-order valence-corrected chi connectivity index (χ0v) is 11.4. The maximum absolute atomic E-state index is 12.8. The second kappa shape index (κ2) is 4.62. The van der Waals surface area contributed by atoms with Gasteiger partial charge in [-0.15, -0.1) is 0 Å². The van der Waals surface area contributed by atoms with Crippen LogP contribution >= 0.6 is 0 Å². The first-order valence-corrected chi connectivity index (χ1v) is 6.90. The van der Waals surface area contributed by atoms with Crippen LogP contribution in [0.5, 0.6) is 0 Å². The van der Waals surface area contributed by atoms with Gasteiger partial charge in [0.25, 0.3) is 5.56 Å². The van der Waals surface area contributed by atoms with Gasteiger partial charge in [0, 0.05) is 24.2 Å². The lowest BCUT2D eigenvalue weighted by Gasteiger charge is -2.06. The molecule has 0 saturated heterocycles. The molecule has 0 bridgehead atoms. The fraction of sp³-hybridized carbons (Fsp3) is 0.286. The highest BCUT2D eigenvalue weighted by molar-refractivity contribution is 5.62. The lowest BCUT2D eigenvalue weighted by Crippen LogP contribution is -2.23. The van der Waals surface area contributed by atoms with E-state index in [0.717, 1.165) is 12.0 Å². The summed E-state index contributed by atoms with van der Waals surface area (Å²) in [4.78, 5) is 31.9. The minimum absolute atomic E-state index is 0.00427. The number of rotatable bonds is 3. The largest absolute Gasteiger partial charge is 0.325 e. The smallest absolute Gasteiger partial charge is 0.313 e. The van der Waals surface area contributed by atoms with Gasteiger partial charge < -0.3 is 4.98 Å². The summed E-state index contributed by atoms with van der Waals surface area (Å²) in [6.07, 6.45) is 5.38. The molecule has 3 heterocycles. The second-order valence-electron chi connectivity index (χ2n) is 5.42. The first kappa shape index (κ1) is 12.9. The van der Waals surface area contributed by atoms with E-state index in [1.807, 2.05) is 0 Å². The zero-order valence-electron chi connectivity index (χ0n) is 11.4. The Morgan fingerprint density at radius 1 is 1.41 bits per heavy atom.